The molecule has 3 heteroatoms. The topological polar surface area (TPSA) is 21.3 Å². The molecule has 0 saturated heterocycles. The first kappa shape index (κ1) is 11.5. The quantitative estimate of drug-likeness (QED) is 0.898. The Hall–Kier alpha value is -0.540. The molecular formula is C14H18BrNO. The van der Waals surface area contributed by atoms with Crippen molar-refractivity contribution in [2.45, 2.75) is 44.7 Å². The fourth-order valence-corrected chi connectivity index (χ4v) is 3.20. The number of hydrogen-bond donors (Lipinski definition) is 1. The third-order valence-electron chi connectivity index (χ3n) is 3.49. The van der Waals surface area contributed by atoms with E-state index in [1.807, 2.05) is 0 Å². The van der Waals surface area contributed by atoms with Crippen molar-refractivity contribution in [3.8, 4) is 5.75 Å². The Morgan fingerprint density at radius 2 is 2.12 bits per heavy atom. The molecule has 0 radical (unpaired) electrons. The molecule has 0 amide bonds. The van der Waals surface area contributed by atoms with Gasteiger partial charge in [0.1, 0.15) is 5.75 Å². The Labute approximate surface area is 111 Å². The number of ether oxygens (including phenoxy) is 1. The number of rotatable bonds is 2. The molecule has 1 aromatic carbocycles. The second-order valence-corrected chi connectivity index (χ2v) is 6.00. The molecular weight excluding hydrogens is 278 g/mol. The highest BCUT2D eigenvalue weighted by molar-refractivity contribution is 9.10. The van der Waals surface area contributed by atoms with Crippen LogP contribution in [0.2, 0.25) is 0 Å². The van der Waals surface area contributed by atoms with Crippen molar-refractivity contribution in [2.24, 2.45) is 0 Å². The molecule has 1 heterocycles. The molecule has 1 unspecified atom stereocenters. The van der Waals surface area contributed by atoms with E-state index >= 15 is 0 Å². The first-order valence-electron chi connectivity index (χ1n) is 6.43. The van der Waals surface area contributed by atoms with Crippen LogP contribution in [0.4, 0.5) is 0 Å². The van der Waals surface area contributed by atoms with E-state index in [-0.39, 0.29) is 0 Å². The van der Waals surface area contributed by atoms with E-state index < -0.39 is 0 Å². The Balaban J connectivity index is 1.97. The number of halogens is 1. The summed E-state index contributed by atoms with van der Waals surface area (Å²) in [5.41, 5.74) is 2.63. The highest BCUT2D eigenvalue weighted by Gasteiger charge is 2.28. The lowest BCUT2D eigenvalue weighted by atomic mass is 10.00. The van der Waals surface area contributed by atoms with Crippen molar-refractivity contribution >= 4 is 15.9 Å². The van der Waals surface area contributed by atoms with Gasteiger partial charge in [-0.15, -0.1) is 0 Å². The Morgan fingerprint density at radius 3 is 2.88 bits per heavy atom. The zero-order chi connectivity index (χ0) is 11.8. The van der Waals surface area contributed by atoms with Crippen molar-refractivity contribution in [2.75, 3.05) is 6.61 Å². The van der Waals surface area contributed by atoms with Gasteiger partial charge in [0, 0.05) is 17.6 Å². The van der Waals surface area contributed by atoms with Crippen LogP contribution in [-0.4, -0.2) is 12.6 Å². The molecule has 1 fully saturated rings. The van der Waals surface area contributed by atoms with Crippen molar-refractivity contribution < 1.29 is 4.74 Å². The van der Waals surface area contributed by atoms with Crippen molar-refractivity contribution in [3.05, 3.63) is 27.7 Å². The van der Waals surface area contributed by atoms with Gasteiger partial charge in [-0.1, -0.05) is 6.07 Å². The summed E-state index contributed by atoms with van der Waals surface area (Å²) in [6.45, 7) is 2.97. The van der Waals surface area contributed by atoms with E-state index in [2.05, 4.69) is 40.3 Å². The van der Waals surface area contributed by atoms with Gasteiger partial charge in [-0.25, -0.2) is 0 Å². The van der Waals surface area contributed by atoms with Crippen LogP contribution >= 0.6 is 15.9 Å². The van der Waals surface area contributed by atoms with Gasteiger partial charge >= 0.3 is 0 Å². The fraction of sp³-hybridized carbons (Fsp3) is 0.571. The van der Waals surface area contributed by atoms with Gasteiger partial charge in [0.15, 0.2) is 0 Å². The summed E-state index contributed by atoms with van der Waals surface area (Å²) in [6.07, 6.45) is 4.98. The second-order valence-electron chi connectivity index (χ2n) is 5.15. The van der Waals surface area contributed by atoms with Crippen LogP contribution in [0.15, 0.2) is 16.6 Å². The Kier molecular flexibility index (Phi) is 3.14. The molecule has 1 atom stereocenters. The lowest BCUT2D eigenvalue weighted by molar-refractivity contribution is 0.313. The number of aryl methyl sites for hydroxylation is 1. The Morgan fingerprint density at radius 1 is 1.29 bits per heavy atom. The average Bonchev–Trinajstić information content (AvgIpc) is 3.08. The van der Waals surface area contributed by atoms with Gasteiger partial charge in [0.2, 0.25) is 0 Å². The van der Waals surface area contributed by atoms with Crippen LogP contribution in [-0.2, 0) is 0 Å². The molecule has 1 saturated carbocycles. The minimum Gasteiger partial charge on any atom is -0.492 e. The zero-order valence-electron chi connectivity index (χ0n) is 10.1. The maximum atomic E-state index is 5.88. The van der Waals surface area contributed by atoms with E-state index in [0.717, 1.165) is 29.3 Å². The van der Waals surface area contributed by atoms with Crippen LogP contribution < -0.4 is 10.1 Å². The van der Waals surface area contributed by atoms with Gasteiger partial charge in [-0.3, -0.25) is 0 Å². The van der Waals surface area contributed by atoms with Crippen LogP contribution in [0.3, 0.4) is 0 Å². The van der Waals surface area contributed by atoms with Crippen molar-refractivity contribution in [1.29, 1.82) is 0 Å². The SMILES string of the molecule is Cc1cc(Br)c2c(c1)C(NC1CC1)CCCO2. The third-order valence-corrected chi connectivity index (χ3v) is 4.08. The third kappa shape index (κ3) is 2.50. The molecule has 2 aliphatic rings. The minimum absolute atomic E-state index is 0.469. The standard InChI is InChI=1S/C14H18BrNO/c1-9-7-11-13(16-10-4-5-10)3-2-6-17-14(11)12(15)8-9/h7-8,10,13,16H,2-6H2,1H3. The minimum atomic E-state index is 0.469. The van der Waals surface area contributed by atoms with E-state index in [4.69, 9.17) is 4.74 Å². The lowest BCUT2D eigenvalue weighted by Crippen LogP contribution is -2.23. The first-order valence-corrected chi connectivity index (χ1v) is 7.22. The van der Waals surface area contributed by atoms with Crippen LogP contribution in [0, 0.1) is 6.92 Å². The molecule has 1 aromatic rings. The number of fused-ring (bicyclic) bond motifs is 1. The summed E-state index contributed by atoms with van der Waals surface area (Å²) in [7, 11) is 0. The predicted molar refractivity (Wildman–Crippen MR) is 72.5 cm³/mol. The van der Waals surface area contributed by atoms with E-state index in [1.54, 1.807) is 0 Å². The van der Waals surface area contributed by atoms with Crippen molar-refractivity contribution in [3.63, 3.8) is 0 Å². The lowest BCUT2D eigenvalue weighted by Gasteiger charge is -2.19. The van der Waals surface area contributed by atoms with Gasteiger partial charge < -0.3 is 10.1 Å². The normalized spacial score (nSPS) is 23.8. The van der Waals surface area contributed by atoms with E-state index in [0.29, 0.717) is 6.04 Å². The highest BCUT2D eigenvalue weighted by atomic mass is 79.9. The molecule has 3 rings (SSSR count). The molecule has 2 nitrogen and oxygen atoms in total. The number of nitrogens with one attached hydrogen (secondary N) is 1. The summed E-state index contributed by atoms with van der Waals surface area (Å²) in [6, 6.07) is 5.62. The van der Waals surface area contributed by atoms with Gasteiger partial charge in [-0.05, 0) is 60.2 Å². The first-order chi connectivity index (χ1) is 8.24. The number of benzene rings is 1. The van der Waals surface area contributed by atoms with Crippen LogP contribution in [0.1, 0.15) is 42.9 Å². The molecule has 0 bridgehead atoms. The van der Waals surface area contributed by atoms with E-state index in [1.165, 1.54) is 30.4 Å². The Bertz CT molecular complexity index is 428. The molecule has 0 aromatic heterocycles. The monoisotopic (exact) mass is 295 g/mol. The molecule has 17 heavy (non-hydrogen) atoms. The van der Waals surface area contributed by atoms with Crippen molar-refractivity contribution in [1.82, 2.24) is 5.32 Å². The zero-order valence-corrected chi connectivity index (χ0v) is 11.7. The fourth-order valence-electron chi connectivity index (χ4n) is 2.49. The molecule has 1 aliphatic carbocycles. The largest absolute Gasteiger partial charge is 0.492 e. The van der Waals surface area contributed by atoms with Crippen LogP contribution in [0.5, 0.6) is 5.75 Å². The molecule has 0 spiro atoms. The number of hydrogen-bond acceptors (Lipinski definition) is 2. The summed E-state index contributed by atoms with van der Waals surface area (Å²) >= 11 is 3.62. The van der Waals surface area contributed by atoms with Gasteiger partial charge in [0.05, 0.1) is 11.1 Å². The summed E-state index contributed by atoms with van der Waals surface area (Å²) < 4.78 is 6.97. The summed E-state index contributed by atoms with van der Waals surface area (Å²) in [4.78, 5) is 0. The van der Waals surface area contributed by atoms with E-state index in [9.17, 15) is 0 Å². The second kappa shape index (κ2) is 4.62. The molecule has 1 N–H and O–H groups in total. The maximum Gasteiger partial charge on any atom is 0.138 e. The summed E-state index contributed by atoms with van der Waals surface area (Å²) in [5.74, 6) is 1.05. The maximum absolute atomic E-state index is 5.88. The smallest absolute Gasteiger partial charge is 0.138 e. The van der Waals surface area contributed by atoms with Gasteiger partial charge in [0.25, 0.3) is 0 Å². The van der Waals surface area contributed by atoms with Crippen LogP contribution in [0.25, 0.3) is 0 Å². The molecule has 92 valence electrons. The van der Waals surface area contributed by atoms with Gasteiger partial charge in [-0.2, -0.15) is 0 Å². The predicted octanol–water partition coefficient (Wildman–Crippen LogP) is 3.72. The summed E-state index contributed by atoms with van der Waals surface area (Å²) in [5, 5.41) is 3.74. The molecule has 1 aliphatic heterocycles. The average molecular weight is 296 g/mol. The highest BCUT2D eigenvalue weighted by Crippen LogP contribution is 2.39.